The molecule has 1 aliphatic heterocycles. The molecular formula is C23H27F2N5O2. The lowest BCUT2D eigenvalue weighted by Crippen LogP contribution is -2.28. The molecule has 1 saturated carbocycles. The fourth-order valence-electron chi connectivity index (χ4n) is 4.61. The van der Waals surface area contributed by atoms with Gasteiger partial charge in [-0.1, -0.05) is 0 Å². The third-order valence-electron chi connectivity index (χ3n) is 6.36. The van der Waals surface area contributed by atoms with Crippen LogP contribution in [-0.2, 0) is 4.74 Å². The molecule has 32 heavy (non-hydrogen) atoms. The number of hydrogen-bond donors (Lipinski definition) is 3. The van der Waals surface area contributed by atoms with Crippen molar-refractivity contribution in [1.82, 2.24) is 14.5 Å². The number of imidazole rings is 1. The second-order valence-corrected chi connectivity index (χ2v) is 8.61. The lowest BCUT2D eigenvalue weighted by molar-refractivity contribution is 0.0904. The van der Waals surface area contributed by atoms with E-state index in [4.69, 9.17) is 4.74 Å². The normalized spacial score (nSPS) is 22.2. The van der Waals surface area contributed by atoms with Gasteiger partial charge in [-0.15, -0.1) is 0 Å². The van der Waals surface area contributed by atoms with E-state index in [2.05, 4.69) is 25.2 Å². The molecule has 3 heterocycles. The fourth-order valence-corrected chi connectivity index (χ4v) is 4.61. The molecule has 0 bridgehead atoms. The molecule has 9 heteroatoms. The molecule has 2 fully saturated rings. The van der Waals surface area contributed by atoms with Gasteiger partial charge in [-0.05, 0) is 50.7 Å². The van der Waals surface area contributed by atoms with Crippen LogP contribution in [0.4, 0.5) is 26.2 Å². The molecule has 2 aromatic heterocycles. The molecule has 1 saturated heterocycles. The van der Waals surface area contributed by atoms with Gasteiger partial charge in [-0.2, -0.15) is 0 Å². The standard InChI is InChI=1S/C23H27F2N5O2/c24-14-1-6-19(18(25)11-14)28-23-29-20-13-26-22(27-15-7-9-32-10-8-15)12-21(20)30(23)16-2-4-17(31)5-3-16/h1,6,11-13,15-17,31H,2-5,7-10H2,(H,26,27)(H,28,29). The molecule has 2 aliphatic rings. The van der Waals surface area contributed by atoms with Crippen molar-refractivity contribution in [2.75, 3.05) is 23.8 Å². The highest BCUT2D eigenvalue weighted by atomic mass is 19.1. The lowest BCUT2D eigenvalue weighted by atomic mass is 9.93. The van der Waals surface area contributed by atoms with E-state index < -0.39 is 11.6 Å². The number of anilines is 3. The Labute approximate surface area is 184 Å². The van der Waals surface area contributed by atoms with Gasteiger partial charge in [0.1, 0.15) is 23.0 Å². The molecule has 3 N–H and O–H groups in total. The zero-order valence-electron chi connectivity index (χ0n) is 17.7. The van der Waals surface area contributed by atoms with Gasteiger partial charge in [-0.3, -0.25) is 0 Å². The average Bonchev–Trinajstić information content (AvgIpc) is 3.14. The predicted octanol–water partition coefficient (Wildman–Crippen LogP) is 4.52. The number of hydrogen-bond acceptors (Lipinski definition) is 6. The first-order chi connectivity index (χ1) is 15.6. The molecular weight excluding hydrogens is 416 g/mol. The Morgan fingerprint density at radius 2 is 1.81 bits per heavy atom. The summed E-state index contributed by atoms with van der Waals surface area (Å²) in [7, 11) is 0. The molecule has 0 amide bonds. The molecule has 5 rings (SSSR count). The summed E-state index contributed by atoms with van der Waals surface area (Å²) < 4.78 is 35.2. The molecule has 1 aliphatic carbocycles. The summed E-state index contributed by atoms with van der Waals surface area (Å²) in [6.07, 6.45) is 6.26. The first kappa shape index (κ1) is 21.1. The van der Waals surface area contributed by atoms with Crippen molar-refractivity contribution in [2.24, 2.45) is 0 Å². The summed E-state index contributed by atoms with van der Waals surface area (Å²) >= 11 is 0. The number of benzene rings is 1. The topological polar surface area (TPSA) is 84.2 Å². The Bertz CT molecular complexity index is 1090. The van der Waals surface area contributed by atoms with Gasteiger partial charge in [0.05, 0.1) is 23.5 Å². The maximum absolute atomic E-state index is 14.3. The molecule has 0 radical (unpaired) electrons. The van der Waals surface area contributed by atoms with E-state index in [1.165, 1.54) is 12.1 Å². The minimum absolute atomic E-state index is 0.104. The van der Waals surface area contributed by atoms with Gasteiger partial charge in [0.25, 0.3) is 0 Å². The molecule has 3 aromatic rings. The van der Waals surface area contributed by atoms with Crippen LogP contribution in [0.5, 0.6) is 0 Å². The monoisotopic (exact) mass is 443 g/mol. The van der Waals surface area contributed by atoms with Crippen molar-refractivity contribution in [3.8, 4) is 0 Å². The third-order valence-corrected chi connectivity index (χ3v) is 6.36. The number of halogens is 2. The Hall–Kier alpha value is -2.78. The smallest absolute Gasteiger partial charge is 0.208 e. The van der Waals surface area contributed by atoms with E-state index in [1.54, 1.807) is 6.20 Å². The Morgan fingerprint density at radius 1 is 1.03 bits per heavy atom. The van der Waals surface area contributed by atoms with Gasteiger partial charge < -0.3 is 25.0 Å². The Morgan fingerprint density at radius 3 is 2.56 bits per heavy atom. The first-order valence-corrected chi connectivity index (χ1v) is 11.2. The zero-order valence-corrected chi connectivity index (χ0v) is 17.7. The van der Waals surface area contributed by atoms with Crippen LogP contribution in [0.3, 0.4) is 0 Å². The van der Waals surface area contributed by atoms with Crippen molar-refractivity contribution >= 4 is 28.5 Å². The van der Waals surface area contributed by atoms with Crippen LogP contribution in [0.25, 0.3) is 11.0 Å². The van der Waals surface area contributed by atoms with E-state index in [0.29, 0.717) is 30.3 Å². The lowest BCUT2D eigenvalue weighted by Gasteiger charge is -2.28. The Balaban J connectivity index is 1.51. The van der Waals surface area contributed by atoms with Crippen LogP contribution in [0.2, 0.25) is 0 Å². The summed E-state index contributed by atoms with van der Waals surface area (Å²) in [5.74, 6) is -0.0589. The number of fused-ring (bicyclic) bond motifs is 1. The summed E-state index contributed by atoms with van der Waals surface area (Å²) in [6.45, 7) is 1.47. The molecule has 0 unspecified atom stereocenters. The van der Waals surface area contributed by atoms with E-state index in [9.17, 15) is 13.9 Å². The maximum Gasteiger partial charge on any atom is 0.208 e. The molecule has 1 aromatic carbocycles. The molecule has 0 atom stereocenters. The van der Waals surface area contributed by atoms with Crippen LogP contribution in [0.15, 0.2) is 30.5 Å². The highest BCUT2D eigenvalue weighted by Gasteiger charge is 2.26. The van der Waals surface area contributed by atoms with E-state index in [1.807, 2.05) is 6.07 Å². The number of rotatable bonds is 5. The number of aromatic nitrogens is 3. The van der Waals surface area contributed by atoms with Gasteiger partial charge in [0.2, 0.25) is 5.95 Å². The molecule has 7 nitrogen and oxygen atoms in total. The summed E-state index contributed by atoms with van der Waals surface area (Å²) in [5, 5.41) is 16.5. The number of aliphatic hydroxyl groups excluding tert-OH is 1. The minimum atomic E-state index is -0.678. The largest absolute Gasteiger partial charge is 0.393 e. The summed E-state index contributed by atoms with van der Waals surface area (Å²) in [5.41, 5.74) is 1.74. The number of ether oxygens (including phenoxy) is 1. The van der Waals surface area contributed by atoms with Crippen molar-refractivity contribution in [1.29, 1.82) is 0 Å². The van der Waals surface area contributed by atoms with Crippen molar-refractivity contribution in [2.45, 2.75) is 56.7 Å². The van der Waals surface area contributed by atoms with Crippen LogP contribution in [0.1, 0.15) is 44.6 Å². The average molecular weight is 443 g/mol. The predicted molar refractivity (Wildman–Crippen MR) is 118 cm³/mol. The van der Waals surface area contributed by atoms with E-state index >= 15 is 0 Å². The summed E-state index contributed by atoms with van der Waals surface area (Å²) in [4.78, 5) is 9.20. The van der Waals surface area contributed by atoms with Crippen LogP contribution >= 0.6 is 0 Å². The molecule has 170 valence electrons. The van der Waals surface area contributed by atoms with Crippen LogP contribution in [-0.4, -0.2) is 45.0 Å². The first-order valence-electron chi connectivity index (χ1n) is 11.2. The summed E-state index contributed by atoms with van der Waals surface area (Å²) in [6, 6.07) is 5.83. The van der Waals surface area contributed by atoms with E-state index in [0.717, 1.165) is 56.3 Å². The quantitative estimate of drug-likeness (QED) is 0.538. The fraction of sp³-hybridized carbons (Fsp3) is 0.478. The number of aliphatic hydroxyl groups is 1. The maximum atomic E-state index is 14.3. The van der Waals surface area contributed by atoms with Crippen molar-refractivity contribution in [3.63, 3.8) is 0 Å². The number of nitrogens with zero attached hydrogens (tertiary/aromatic N) is 3. The number of nitrogens with one attached hydrogen (secondary N) is 2. The van der Waals surface area contributed by atoms with Gasteiger partial charge in [0, 0.05) is 37.4 Å². The number of pyridine rings is 1. The zero-order chi connectivity index (χ0) is 22.1. The van der Waals surface area contributed by atoms with E-state index in [-0.39, 0.29) is 17.8 Å². The molecule has 0 spiro atoms. The Kier molecular flexibility index (Phi) is 5.93. The van der Waals surface area contributed by atoms with Crippen molar-refractivity contribution < 1.29 is 18.6 Å². The van der Waals surface area contributed by atoms with Crippen LogP contribution in [0, 0.1) is 11.6 Å². The van der Waals surface area contributed by atoms with Gasteiger partial charge >= 0.3 is 0 Å². The van der Waals surface area contributed by atoms with Gasteiger partial charge in [-0.25, -0.2) is 18.7 Å². The SMILES string of the molecule is OC1CCC(n2c(Nc3ccc(F)cc3F)nc3cnc(NC4CCOCC4)cc32)CC1. The van der Waals surface area contributed by atoms with Crippen molar-refractivity contribution in [3.05, 3.63) is 42.1 Å². The van der Waals surface area contributed by atoms with Gasteiger partial charge in [0.15, 0.2) is 0 Å². The second kappa shape index (κ2) is 8.99. The second-order valence-electron chi connectivity index (χ2n) is 8.61. The minimum Gasteiger partial charge on any atom is -0.393 e. The highest BCUT2D eigenvalue weighted by molar-refractivity contribution is 5.81. The van der Waals surface area contributed by atoms with Crippen LogP contribution < -0.4 is 10.6 Å². The highest BCUT2D eigenvalue weighted by Crippen LogP contribution is 2.36. The third kappa shape index (κ3) is 4.40.